The highest BCUT2D eigenvalue weighted by atomic mass is 35.5. The van der Waals surface area contributed by atoms with Gasteiger partial charge in [-0.05, 0) is 24.3 Å². The smallest absolute Gasteiger partial charge is 0.371 e. The maximum atomic E-state index is 11.1. The first-order valence-electron chi connectivity index (χ1n) is 7.59. The predicted octanol–water partition coefficient (Wildman–Crippen LogP) is 2.51. The van der Waals surface area contributed by atoms with Gasteiger partial charge in [-0.1, -0.05) is 23.2 Å². The molecule has 3 aromatic rings. The van der Waals surface area contributed by atoms with Gasteiger partial charge in [-0.15, -0.1) is 10.2 Å². The van der Waals surface area contributed by atoms with E-state index < -0.39 is 10.3 Å². The zero-order chi connectivity index (χ0) is 20.3. The third-order valence-corrected chi connectivity index (χ3v) is 4.71. The van der Waals surface area contributed by atoms with E-state index in [-0.39, 0.29) is 22.3 Å². The maximum absolute atomic E-state index is 11.1. The molecular formula is C16H12Cl2N6O3S. The van der Waals surface area contributed by atoms with Crippen molar-refractivity contribution in [2.75, 3.05) is 5.01 Å². The highest BCUT2D eigenvalue weighted by molar-refractivity contribution is 7.84. The van der Waals surface area contributed by atoms with E-state index in [4.69, 9.17) is 33.6 Å². The SMILES string of the molecule is N#Cc1ccc(N(Cc2c(Cl)cc(OS(N)(=O)=O)cc2Cl)n2cnnc2)cc1. The van der Waals surface area contributed by atoms with E-state index in [2.05, 4.69) is 20.4 Å². The summed E-state index contributed by atoms with van der Waals surface area (Å²) in [6.07, 6.45) is 2.97. The molecule has 0 fully saturated rings. The molecule has 1 aromatic heterocycles. The Morgan fingerprint density at radius 2 is 1.71 bits per heavy atom. The highest BCUT2D eigenvalue weighted by Crippen LogP contribution is 2.33. The first kappa shape index (κ1) is 19.9. The molecule has 0 aliphatic heterocycles. The van der Waals surface area contributed by atoms with E-state index >= 15 is 0 Å². The standard InChI is InChI=1S/C16H12Cl2N6O3S/c17-15-5-13(27-28(20,25)26)6-16(18)14(15)8-24(23-9-21-22-10-23)12-3-1-11(7-19)2-4-12/h1-6,9-10H,8H2,(H2,20,25,26). The number of nitrogens with zero attached hydrogens (tertiary/aromatic N) is 5. The van der Waals surface area contributed by atoms with E-state index in [1.165, 1.54) is 24.8 Å². The molecule has 0 aliphatic rings. The lowest BCUT2D eigenvalue weighted by atomic mass is 10.2. The lowest BCUT2D eigenvalue weighted by molar-refractivity contribution is 0.487. The molecular weight excluding hydrogens is 427 g/mol. The van der Waals surface area contributed by atoms with Gasteiger partial charge in [0, 0.05) is 17.7 Å². The predicted molar refractivity (Wildman–Crippen MR) is 103 cm³/mol. The van der Waals surface area contributed by atoms with E-state index in [1.807, 2.05) is 0 Å². The number of aromatic nitrogens is 3. The summed E-state index contributed by atoms with van der Waals surface area (Å²) < 4.78 is 28.4. The number of benzene rings is 2. The average Bonchev–Trinajstić information content (AvgIpc) is 3.14. The van der Waals surface area contributed by atoms with Crippen molar-refractivity contribution in [3.63, 3.8) is 0 Å². The molecule has 144 valence electrons. The van der Waals surface area contributed by atoms with E-state index in [9.17, 15) is 8.42 Å². The number of halogens is 2. The molecule has 0 radical (unpaired) electrons. The highest BCUT2D eigenvalue weighted by Gasteiger charge is 2.17. The minimum atomic E-state index is -4.21. The second-order valence-corrected chi connectivity index (χ2v) is 7.47. The summed E-state index contributed by atoms with van der Waals surface area (Å²) in [5.41, 5.74) is 1.73. The summed E-state index contributed by atoms with van der Waals surface area (Å²) in [6.45, 7) is 0.192. The van der Waals surface area contributed by atoms with Crippen LogP contribution in [0.4, 0.5) is 5.69 Å². The Morgan fingerprint density at radius 3 is 2.21 bits per heavy atom. The molecule has 3 rings (SSSR count). The fourth-order valence-corrected chi connectivity index (χ4v) is 3.35. The van der Waals surface area contributed by atoms with Crippen LogP contribution in [0.5, 0.6) is 5.75 Å². The monoisotopic (exact) mass is 438 g/mol. The second-order valence-electron chi connectivity index (χ2n) is 5.50. The van der Waals surface area contributed by atoms with Crippen molar-refractivity contribution >= 4 is 39.2 Å². The molecule has 0 bridgehead atoms. The number of hydrogen-bond donors (Lipinski definition) is 1. The van der Waals surface area contributed by atoms with Gasteiger partial charge >= 0.3 is 10.3 Å². The van der Waals surface area contributed by atoms with Gasteiger partial charge in [0.25, 0.3) is 0 Å². The average molecular weight is 439 g/mol. The molecule has 0 unspecified atom stereocenters. The number of nitrogens with two attached hydrogens (primary N) is 1. The third kappa shape index (κ3) is 4.71. The molecule has 9 nitrogen and oxygen atoms in total. The van der Waals surface area contributed by atoms with Gasteiger partial charge in [-0.25, -0.2) is 4.68 Å². The summed E-state index contributed by atoms with van der Waals surface area (Å²) >= 11 is 12.6. The largest absolute Gasteiger partial charge is 0.380 e. The zero-order valence-electron chi connectivity index (χ0n) is 14.0. The Hall–Kier alpha value is -2.84. The van der Waals surface area contributed by atoms with Crippen LogP contribution in [0.3, 0.4) is 0 Å². The van der Waals surface area contributed by atoms with E-state index in [1.54, 1.807) is 34.0 Å². The first-order chi connectivity index (χ1) is 13.3. The third-order valence-electron chi connectivity index (χ3n) is 3.61. The van der Waals surface area contributed by atoms with Crippen molar-refractivity contribution in [2.45, 2.75) is 6.54 Å². The zero-order valence-corrected chi connectivity index (χ0v) is 16.4. The maximum Gasteiger partial charge on any atom is 0.380 e. The van der Waals surface area contributed by atoms with Crippen LogP contribution < -0.4 is 14.3 Å². The van der Waals surface area contributed by atoms with Crippen LogP contribution in [0.15, 0.2) is 49.1 Å². The molecule has 28 heavy (non-hydrogen) atoms. The quantitative estimate of drug-likeness (QED) is 0.625. The van der Waals surface area contributed by atoms with Gasteiger partial charge in [-0.3, -0.25) is 5.01 Å². The number of nitriles is 1. The summed E-state index contributed by atoms with van der Waals surface area (Å²) in [5.74, 6) is -0.101. The molecule has 0 atom stereocenters. The lowest BCUT2D eigenvalue weighted by Crippen LogP contribution is -2.28. The Bertz CT molecular complexity index is 1110. The van der Waals surface area contributed by atoms with E-state index in [0.717, 1.165) is 5.69 Å². The van der Waals surface area contributed by atoms with Gasteiger partial charge < -0.3 is 4.18 Å². The van der Waals surface area contributed by atoms with Gasteiger partial charge in [0.05, 0.1) is 33.9 Å². The van der Waals surface area contributed by atoms with Crippen molar-refractivity contribution in [3.05, 3.63) is 70.2 Å². The fraction of sp³-hybridized carbons (Fsp3) is 0.0625. The molecule has 0 spiro atoms. The van der Waals surface area contributed by atoms with Crippen LogP contribution in [0.25, 0.3) is 0 Å². The number of hydrogen-bond acceptors (Lipinski definition) is 7. The van der Waals surface area contributed by atoms with Crippen LogP contribution in [0, 0.1) is 11.3 Å². The van der Waals surface area contributed by atoms with Crippen molar-refractivity contribution in [2.24, 2.45) is 5.14 Å². The van der Waals surface area contributed by atoms with Crippen LogP contribution >= 0.6 is 23.2 Å². The molecule has 0 amide bonds. The van der Waals surface area contributed by atoms with Gasteiger partial charge in [0.2, 0.25) is 0 Å². The second kappa shape index (κ2) is 8.04. The van der Waals surface area contributed by atoms with Crippen molar-refractivity contribution < 1.29 is 12.6 Å². The minimum Gasteiger partial charge on any atom is -0.371 e. The molecule has 2 aromatic carbocycles. The fourth-order valence-electron chi connectivity index (χ4n) is 2.40. The van der Waals surface area contributed by atoms with Gasteiger partial charge in [0.15, 0.2) is 0 Å². The Morgan fingerprint density at radius 1 is 1.14 bits per heavy atom. The van der Waals surface area contributed by atoms with Crippen molar-refractivity contribution in [1.29, 1.82) is 5.26 Å². The molecule has 12 heteroatoms. The summed E-state index contributed by atoms with van der Waals surface area (Å²) in [5, 5.41) is 23.6. The topological polar surface area (TPSA) is 127 Å². The van der Waals surface area contributed by atoms with Crippen LogP contribution in [-0.2, 0) is 16.8 Å². The normalized spacial score (nSPS) is 11.1. The first-order valence-corrected chi connectivity index (χ1v) is 9.82. The minimum absolute atomic E-state index is 0.101. The molecule has 0 saturated heterocycles. The molecule has 1 heterocycles. The molecule has 0 saturated carbocycles. The number of rotatable bonds is 6. The van der Waals surface area contributed by atoms with Crippen LogP contribution in [0.2, 0.25) is 10.0 Å². The van der Waals surface area contributed by atoms with Gasteiger partial charge in [0.1, 0.15) is 18.4 Å². The van der Waals surface area contributed by atoms with Crippen LogP contribution in [0.1, 0.15) is 11.1 Å². The lowest BCUT2D eigenvalue weighted by Gasteiger charge is -2.26. The molecule has 0 aliphatic carbocycles. The Labute approximate surface area is 170 Å². The Balaban J connectivity index is 1.98. The van der Waals surface area contributed by atoms with Gasteiger partial charge in [-0.2, -0.15) is 18.8 Å². The summed E-state index contributed by atoms with van der Waals surface area (Å²) in [6, 6.07) is 11.5. The van der Waals surface area contributed by atoms with E-state index in [0.29, 0.717) is 11.1 Å². The van der Waals surface area contributed by atoms with Crippen molar-refractivity contribution in [3.8, 4) is 11.8 Å². The number of anilines is 1. The van der Waals surface area contributed by atoms with Crippen molar-refractivity contribution in [1.82, 2.24) is 14.9 Å². The summed E-state index contributed by atoms with van der Waals surface area (Å²) in [4.78, 5) is 0. The Kier molecular flexibility index (Phi) is 5.71. The van der Waals surface area contributed by atoms with Crippen LogP contribution in [-0.4, -0.2) is 23.3 Å². The molecule has 2 N–H and O–H groups in total. The summed E-state index contributed by atoms with van der Waals surface area (Å²) in [7, 11) is -4.21.